The third-order valence-corrected chi connectivity index (χ3v) is 9.51. The number of hydrogen-bond acceptors (Lipinski definition) is 3. The van der Waals surface area contributed by atoms with E-state index in [9.17, 15) is 4.79 Å². The molecular weight excluding hydrogens is 633 g/mol. The van der Waals surface area contributed by atoms with Crippen molar-refractivity contribution in [2.24, 2.45) is 0 Å². The van der Waals surface area contributed by atoms with Crippen LogP contribution in [0.4, 0.5) is 0 Å². The van der Waals surface area contributed by atoms with Crippen molar-refractivity contribution in [3.8, 4) is 44.5 Å². The summed E-state index contributed by atoms with van der Waals surface area (Å²) in [7, 11) is 4.28. The molecule has 52 heavy (non-hydrogen) atoms. The van der Waals surface area contributed by atoms with E-state index in [2.05, 4.69) is 183 Å². The van der Waals surface area contributed by atoms with Gasteiger partial charge in [-0.1, -0.05) is 170 Å². The molecule has 0 aliphatic carbocycles. The van der Waals surface area contributed by atoms with Crippen LogP contribution in [0.15, 0.2) is 170 Å². The topological polar surface area (TPSA) is 23.6 Å². The Hall–Kier alpha value is -5.61. The Morgan fingerprint density at radius 1 is 0.442 bits per heavy atom. The molecule has 3 heteroatoms. The van der Waals surface area contributed by atoms with E-state index in [4.69, 9.17) is 0 Å². The van der Waals surface area contributed by atoms with Crippen LogP contribution in [0.1, 0.15) is 40.9 Å². The Labute approximate surface area is 310 Å². The molecule has 3 nitrogen and oxygen atoms in total. The number of ketones is 1. The average molecular weight is 681 g/mol. The third-order valence-electron chi connectivity index (χ3n) is 9.51. The van der Waals surface area contributed by atoms with Crippen molar-refractivity contribution >= 4 is 5.78 Å². The van der Waals surface area contributed by atoms with Crippen LogP contribution in [0.5, 0.6) is 0 Å². The number of likely N-dealkylation sites (N-methyl/N-ethyl adjacent to an activating group) is 2. The molecule has 6 rings (SSSR count). The minimum absolute atomic E-state index is 0.0182. The van der Waals surface area contributed by atoms with E-state index >= 15 is 0 Å². The summed E-state index contributed by atoms with van der Waals surface area (Å²) < 4.78 is 0. The van der Waals surface area contributed by atoms with Gasteiger partial charge in [0.05, 0.1) is 0 Å². The predicted molar refractivity (Wildman–Crippen MR) is 220 cm³/mol. The first-order valence-corrected chi connectivity index (χ1v) is 18.1. The summed E-state index contributed by atoms with van der Waals surface area (Å²) in [6, 6.07) is 50.7. The second-order valence-electron chi connectivity index (χ2n) is 13.5. The Kier molecular flexibility index (Phi) is 12.2. The van der Waals surface area contributed by atoms with Gasteiger partial charge in [-0.3, -0.25) is 14.6 Å². The molecule has 0 spiro atoms. The molecule has 6 aromatic carbocycles. The van der Waals surface area contributed by atoms with Crippen LogP contribution in [0.3, 0.4) is 0 Å². The maximum Gasteiger partial charge on any atom is 0.193 e. The Bertz CT molecular complexity index is 1970. The molecule has 0 bridgehead atoms. The summed E-state index contributed by atoms with van der Waals surface area (Å²) in [4.78, 5) is 18.2. The van der Waals surface area contributed by atoms with E-state index in [0.29, 0.717) is 11.1 Å². The van der Waals surface area contributed by atoms with Gasteiger partial charge in [0.2, 0.25) is 0 Å². The Morgan fingerprint density at radius 2 is 0.731 bits per heavy atom. The van der Waals surface area contributed by atoms with Crippen molar-refractivity contribution in [3.63, 3.8) is 0 Å². The normalized spacial score (nSPS) is 11.7. The average Bonchev–Trinajstić information content (AvgIpc) is 3.20. The van der Waals surface area contributed by atoms with Gasteiger partial charge in [-0.25, -0.2) is 0 Å². The van der Waals surface area contributed by atoms with E-state index < -0.39 is 0 Å². The highest BCUT2D eigenvalue weighted by molar-refractivity contribution is 6.09. The molecule has 260 valence electrons. The van der Waals surface area contributed by atoms with Crippen LogP contribution in [-0.4, -0.2) is 42.8 Å². The molecule has 0 saturated carbocycles. The monoisotopic (exact) mass is 680 g/mol. The third kappa shape index (κ3) is 8.99. The van der Waals surface area contributed by atoms with Crippen molar-refractivity contribution in [1.82, 2.24) is 9.80 Å². The molecule has 0 fully saturated rings. The number of benzene rings is 6. The van der Waals surface area contributed by atoms with Gasteiger partial charge in [-0.2, -0.15) is 0 Å². The lowest BCUT2D eigenvalue weighted by molar-refractivity contribution is 0.103. The zero-order chi connectivity index (χ0) is 36.3. The minimum Gasteiger partial charge on any atom is -0.298 e. The minimum atomic E-state index is 0.0182. The molecule has 0 amide bonds. The van der Waals surface area contributed by atoms with Crippen LogP contribution in [0, 0.1) is 0 Å². The molecule has 0 heterocycles. The van der Waals surface area contributed by atoms with Crippen molar-refractivity contribution < 1.29 is 4.79 Å². The number of carbonyl (C=O) groups excluding carboxylic acids is 1. The SMILES string of the molecule is CC=CCN(C)Cc1ccc(-c2ccccc2-c2ccc(C(=O)c3ccc(-c4ccccc4-c4ccc(CN(C)CC=CC)cc4)cc3)cc2)cc1. The fourth-order valence-corrected chi connectivity index (χ4v) is 6.64. The summed E-state index contributed by atoms with van der Waals surface area (Å²) >= 11 is 0. The van der Waals surface area contributed by atoms with E-state index in [1.54, 1.807) is 0 Å². The van der Waals surface area contributed by atoms with Crippen LogP contribution in [0.25, 0.3) is 44.5 Å². The van der Waals surface area contributed by atoms with Crippen molar-refractivity contribution in [2.75, 3.05) is 27.2 Å². The number of carbonyl (C=O) groups is 1. The first-order valence-electron chi connectivity index (χ1n) is 18.1. The van der Waals surface area contributed by atoms with Gasteiger partial charge in [0, 0.05) is 37.3 Å². The predicted octanol–water partition coefficient (Wildman–Crippen LogP) is 11.6. The number of hydrogen-bond donors (Lipinski definition) is 0. The molecule has 0 radical (unpaired) electrons. The molecule has 0 N–H and O–H groups in total. The van der Waals surface area contributed by atoms with Crippen LogP contribution < -0.4 is 0 Å². The van der Waals surface area contributed by atoms with Crippen LogP contribution in [-0.2, 0) is 13.1 Å². The molecule has 0 aliphatic rings. The van der Waals surface area contributed by atoms with Gasteiger partial charge in [0.1, 0.15) is 0 Å². The lowest BCUT2D eigenvalue weighted by Gasteiger charge is -2.15. The maximum absolute atomic E-state index is 13.6. The highest BCUT2D eigenvalue weighted by Crippen LogP contribution is 2.34. The number of allylic oxidation sites excluding steroid dienone is 2. The van der Waals surface area contributed by atoms with Gasteiger partial charge in [-0.15, -0.1) is 0 Å². The molecule has 6 aromatic rings. The Balaban J connectivity index is 1.15. The molecular formula is C49H48N2O. The van der Waals surface area contributed by atoms with Crippen molar-refractivity contribution in [1.29, 1.82) is 0 Å². The second kappa shape index (κ2) is 17.5. The quantitative estimate of drug-likeness (QED) is 0.0845. The summed E-state index contributed by atoms with van der Waals surface area (Å²) in [5, 5.41) is 0. The van der Waals surface area contributed by atoms with E-state index in [1.165, 1.54) is 33.4 Å². The standard InChI is InChI=1S/C49H48N2O/c1-5-7-33-50(3)35-37-17-21-39(22-18-37)45-13-9-11-15-47(45)41-25-29-43(30-26-41)49(52)44-31-27-42(28-32-44)48-16-12-10-14-46(48)40-23-19-38(20-24-40)36-51(4)34-8-6-2/h5-32H,33-36H2,1-4H3. The van der Waals surface area contributed by atoms with Gasteiger partial charge in [-0.05, 0) is 83.6 Å². The molecule has 0 aliphatic heterocycles. The van der Waals surface area contributed by atoms with Gasteiger partial charge < -0.3 is 0 Å². The van der Waals surface area contributed by atoms with E-state index in [-0.39, 0.29) is 5.78 Å². The van der Waals surface area contributed by atoms with Gasteiger partial charge in [0.25, 0.3) is 0 Å². The summed E-state index contributed by atoms with van der Waals surface area (Å²) in [5.41, 5.74) is 13.1. The lowest BCUT2D eigenvalue weighted by atomic mass is 9.92. The van der Waals surface area contributed by atoms with E-state index in [0.717, 1.165) is 48.4 Å². The van der Waals surface area contributed by atoms with Gasteiger partial charge >= 0.3 is 0 Å². The zero-order valence-corrected chi connectivity index (χ0v) is 30.8. The number of nitrogens with zero attached hydrogens (tertiary/aromatic N) is 2. The molecule has 0 aromatic heterocycles. The second-order valence-corrected chi connectivity index (χ2v) is 13.5. The first kappa shape index (κ1) is 36.2. The highest BCUT2D eigenvalue weighted by Gasteiger charge is 2.14. The molecule has 0 atom stereocenters. The van der Waals surface area contributed by atoms with Crippen LogP contribution >= 0.6 is 0 Å². The largest absolute Gasteiger partial charge is 0.298 e. The summed E-state index contributed by atoms with van der Waals surface area (Å²) in [5.74, 6) is 0.0182. The fraction of sp³-hybridized carbons (Fsp3) is 0.163. The van der Waals surface area contributed by atoms with Crippen LogP contribution in [0.2, 0.25) is 0 Å². The fourth-order valence-electron chi connectivity index (χ4n) is 6.64. The van der Waals surface area contributed by atoms with E-state index in [1.807, 2.05) is 24.3 Å². The van der Waals surface area contributed by atoms with Crippen molar-refractivity contribution in [2.45, 2.75) is 26.9 Å². The molecule has 0 saturated heterocycles. The lowest BCUT2D eigenvalue weighted by Crippen LogP contribution is -2.17. The highest BCUT2D eigenvalue weighted by atomic mass is 16.1. The van der Waals surface area contributed by atoms with Gasteiger partial charge in [0.15, 0.2) is 5.78 Å². The van der Waals surface area contributed by atoms with Crippen molar-refractivity contribution in [3.05, 3.63) is 192 Å². The Morgan fingerprint density at radius 3 is 1.02 bits per heavy atom. The maximum atomic E-state index is 13.6. The number of rotatable bonds is 14. The summed E-state index contributed by atoms with van der Waals surface area (Å²) in [6.07, 6.45) is 8.53. The smallest absolute Gasteiger partial charge is 0.193 e. The first-order chi connectivity index (χ1) is 25.4. The summed E-state index contributed by atoms with van der Waals surface area (Å²) in [6.45, 7) is 7.79. The zero-order valence-electron chi connectivity index (χ0n) is 30.8. The molecule has 0 unspecified atom stereocenters.